The van der Waals surface area contributed by atoms with E-state index in [1.165, 1.54) is 16.9 Å². The molecule has 1 N–H and O–H groups in total. The van der Waals surface area contributed by atoms with Gasteiger partial charge in [0.1, 0.15) is 5.01 Å². The maximum absolute atomic E-state index is 12.0. The van der Waals surface area contributed by atoms with Crippen molar-refractivity contribution in [2.75, 3.05) is 5.32 Å². The number of anilines is 1. The minimum atomic E-state index is -0.0876. The van der Waals surface area contributed by atoms with E-state index in [0.717, 1.165) is 21.1 Å². The summed E-state index contributed by atoms with van der Waals surface area (Å²) in [5.74, 6) is -0.0876. The number of hydrogen-bond donors (Lipinski definition) is 1. The number of rotatable bonds is 4. The summed E-state index contributed by atoms with van der Waals surface area (Å²) in [6.45, 7) is 4.02. The van der Waals surface area contributed by atoms with E-state index in [2.05, 4.69) is 34.3 Å². The standard InChI is InChI=1S/C16H15N3OS2/c1-10-4-3-5-12(6-10)15-18-13(9-21-15)7-14(20)19-16-17-8-11(2)22-16/h3-6,8-9H,7H2,1-2H3,(H,17,19,20). The second kappa shape index (κ2) is 6.37. The maximum Gasteiger partial charge on any atom is 0.232 e. The summed E-state index contributed by atoms with van der Waals surface area (Å²) in [6, 6.07) is 8.21. The first-order chi connectivity index (χ1) is 10.6. The average molecular weight is 329 g/mol. The molecule has 0 radical (unpaired) electrons. The van der Waals surface area contributed by atoms with Gasteiger partial charge in [0.2, 0.25) is 5.91 Å². The third-order valence-corrected chi connectivity index (χ3v) is 4.79. The first-order valence-corrected chi connectivity index (χ1v) is 8.53. The van der Waals surface area contributed by atoms with Gasteiger partial charge in [-0.25, -0.2) is 9.97 Å². The number of aryl methyl sites for hydroxylation is 2. The van der Waals surface area contributed by atoms with Crippen molar-refractivity contribution in [2.24, 2.45) is 0 Å². The van der Waals surface area contributed by atoms with Crippen LogP contribution in [0.1, 0.15) is 16.1 Å². The molecule has 0 saturated carbocycles. The van der Waals surface area contributed by atoms with E-state index in [0.29, 0.717) is 5.13 Å². The van der Waals surface area contributed by atoms with Gasteiger partial charge in [-0.2, -0.15) is 0 Å². The van der Waals surface area contributed by atoms with Crippen molar-refractivity contribution in [3.63, 3.8) is 0 Å². The van der Waals surface area contributed by atoms with E-state index < -0.39 is 0 Å². The molecule has 2 aromatic heterocycles. The van der Waals surface area contributed by atoms with Crippen LogP contribution in [0.2, 0.25) is 0 Å². The third-order valence-electron chi connectivity index (χ3n) is 3.03. The average Bonchev–Trinajstić information content (AvgIpc) is 3.08. The lowest BCUT2D eigenvalue weighted by Gasteiger charge is -1.99. The Morgan fingerprint density at radius 1 is 1.32 bits per heavy atom. The predicted octanol–water partition coefficient (Wildman–Crippen LogP) is 4.06. The predicted molar refractivity (Wildman–Crippen MR) is 91.5 cm³/mol. The first-order valence-electron chi connectivity index (χ1n) is 6.84. The van der Waals surface area contributed by atoms with Gasteiger partial charge in [-0.15, -0.1) is 22.7 Å². The highest BCUT2D eigenvalue weighted by molar-refractivity contribution is 7.15. The zero-order valence-corrected chi connectivity index (χ0v) is 13.9. The summed E-state index contributed by atoms with van der Waals surface area (Å²) in [5, 5.41) is 6.31. The second-order valence-electron chi connectivity index (χ2n) is 5.01. The molecule has 1 amide bonds. The van der Waals surface area contributed by atoms with Crippen molar-refractivity contribution in [3.05, 3.63) is 52.0 Å². The number of nitrogens with one attached hydrogen (secondary N) is 1. The first kappa shape index (κ1) is 14.9. The minimum Gasteiger partial charge on any atom is -0.302 e. The van der Waals surface area contributed by atoms with Gasteiger partial charge in [0.25, 0.3) is 0 Å². The van der Waals surface area contributed by atoms with Crippen LogP contribution in [0, 0.1) is 13.8 Å². The van der Waals surface area contributed by atoms with Gasteiger partial charge in [-0.05, 0) is 19.9 Å². The van der Waals surface area contributed by atoms with Crippen molar-refractivity contribution in [3.8, 4) is 10.6 Å². The Labute approximate surface area is 136 Å². The Morgan fingerprint density at radius 2 is 2.18 bits per heavy atom. The second-order valence-corrected chi connectivity index (χ2v) is 7.11. The number of benzene rings is 1. The Kier molecular flexibility index (Phi) is 4.31. The molecule has 112 valence electrons. The molecule has 2 heterocycles. The number of nitrogens with zero attached hydrogens (tertiary/aromatic N) is 2. The van der Waals surface area contributed by atoms with Crippen LogP contribution in [-0.2, 0) is 11.2 Å². The van der Waals surface area contributed by atoms with Crippen LogP contribution in [-0.4, -0.2) is 15.9 Å². The van der Waals surface area contributed by atoms with Gasteiger partial charge in [0, 0.05) is 22.0 Å². The fourth-order valence-electron chi connectivity index (χ4n) is 2.04. The summed E-state index contributed by atoms with van der Waals surface area (Å²) in [7, 11) is 0. The number of amides is 1. The van der Waals surface area contributed by atoms with Gasteiger partial charge in [0.05, 0.1) is 12.1 Å². The van der Waals surface area contributed by atoms with Crippen LogP contribution in [0.4, 0.5) is 5.13 Å². The molecule has 0 unspecified atom stereocenters. The number of carbonyl (C=O) groups excluding carboxylic acids is 1. The highest BCUT2D eigenvalue weighted by Crippen LogP contribution is 2.25. The normalized spacial score (nSPS) is 10.6. The summed E-state index contributed by atoms with van der Waals surface area (Å²) in [6.07, 6.45) is 2.01. The van der Waals surface area contributed by atoms with E-state index in [1.54, 1.807) is 17.5 Å². The molecular formula is C16H15N3OS2. The molecule has 0 aliphatic carbocycles. The van der Waals surface area contributed by atoms with Crippen LogP contribution < -0.4 is 5.32 Å². The summed E-state index contributed by atoms with van der Waals surface area (Å²) in [4.78, 5) is 21.8. The lowest BCUT2D eigenvalue weighted by atomic mass is 10.1. The van der Waals surface area contributed by atoms with E-state index in [4.69, 9.17) is 0 Å². The molecule has 3 rings (SSSR count). The highest BCUT2D eigenvalue weighted by Gasteiger charge is 2.10. The quantitative estimate of drug-likeness (QED) is 0.785. The van der Waals surface area contributed by atoms with Crippen molar-refractivity contribution >= 4 is 33.7 Å². The van der Waals surface area contributed by atoms with E-state index >= 15 is 0 Å². The molecule has 6 heteroatoms. The fourth-order valence-corrected chi connectivity index (χ4v) is 3.54. The van der Waals surface area contributed by atoms with E-state index in [9.17, 15) is 4.79 Å². The van der Waals surface area contributed by atoms with Crippen molar-refractivity contribution in [1.82, 2.24) is 9.97 Å². The van der Waals surface area contributed by atoms with E-state index in [1.807, 2.05) is 24.4 Å². The molecule has 3 aromatic rings. The summed E-state index contributed by atoms with van der Waals surface area (Å²) in [5.41, 5.74) is 3.07. The van der Waals surface area contributed by atoms with Crippen LogP contribution in [0.15, 0.2) is 35.8 Å². The van der Waals surface area contributed by atoms with Gasteiger partial charge in [-0.3, -0.25) is 4.79 Å². The highest BCUT2D eigenvalue weighted by atomic mass is 32.1. The lowest BCUT2D eigenvalue weighted by molar-refractivity contribution is -0.115. The van der Waals surface area contributed by atoms with Gasteiger partial charge < -0.3 is 5.32 Å². The maximum atomic E-state index is 12.0. The Morgan fingerprint density at radius 3 is 2.91 bits per heavy atom. The lowest BCUT2D eigenvalue weighted by Crippen LogP contribution is -2.14. The monoisotopic (exact) mass is 329 g/mol. The van der Waals surface area contributed by atoms with Crippen molar-refractivity contribution in [2.45, 2.75) is 20.3 Å². The zero-order valence-electron chi connectivity index (χ0n) is 12.3. The van der Waals surface area contributed by atoms with Crippen LogP contribution in [0.3, 0.4) is 0 Å². The minimum absolute atomic E-state index is 0.0876. The van der Waals surface area contributed by atoms with Crippen molar-refractivity contribution in [1.29, 1.82) is 0 Å². The number of thiazole rings is 2. The molecular weight excluding hydrogens is 314 g/mol. The van der Waals surface area contributed by atoms with Gasteiger partial charge >= 0.3 is 0 Å². The molecule has 0 saturated heterocycles. The number of aromatic nitrogens is 2. The molecule has 0 fully saturated rings. The molecule has 0 aliphatic heterocycles. The zero-order chi connectivity index (χ0) is 15.5. The molecule has 0 aliphatic rings. The third kappa shape index (κ3) is 3.58. The van der Waals surface area contributed by atoms with Gasteiger partial charge in [-0.1, -0.05) is 23.8 Å². The smallest absolute Gasteiger partial charge is 0.232 e. The Hall–Kier alpha value is -2.05. The molecule has 1 aromatic carbocycles. The number of carbonyl (C=O) groups is 1. The van der Waals surface area contributed by atoms with Crippen LogP contribution in [0.5, 0.6) is 0 Å². The van der Waals surface area contributed by atoms with Gasteiger partial charge in [0.15, 0.2) is 5.13 Å². The van der Waals surface area contributed by atoms with Crippen LogP contribution >= 0.6 is 22.7 Å². The van der Waals surface area contributed by atoms with E-state index in [-0.39, 0.29) is 12.3 Å². The van der Waals surface area contributed by atoms with Crippen LogP contribution in [0.25, 0.3) is 10.6 Å². The largest absolute Gasteiger partial charge is 0.302 e. The Balaban J connectivity index is 1.67. The molecule has 4 nitrogen and oxygen atoms in total. The topological polar surface area (TPSA) is 54.9 Å². The van der Waals surface area contributed by atoms with Crippen molar-refractivity contribution < 1.29 is 4.79 Å². The fraction of sp³-hybridized carbons (Fsp3) is 0.188. The molecule has 22 heavy (non-hydrogen) atoms. The summed E-state index contributed by atoms with van der Waals surface area (Å²) >= 11 is 3.03. The molecule has 0 spiro atoms. The number of hydrogen-bond acceptors (Lipinski definition) is 5. The molecule has 0 atom stereocenters. The summed E-state index contributed by atoms with van der Waals surface area (Å²) < 4.78 is 0. The SMILES string of the molecule is Cc1cccc(-c2nc(CC(=O)Nc3ncc(C)s3)cs2)c1. The molecule has 0 bridgehead atoms. The Bertz CT molecular complexity index is 807.